The van der Waals surface area contributed by atoms with Crippen molar-refractivity contribution in [3.63, 3.8) is 0 Å². The summed E-state index contributed by atoms with van der Waals surface area (Å²) in [4.78, 5) is 9.60. The zero-order chi connectivity index (χ0) is 8.73. The zero-order valence-electron chi connectivity index (χ0n) is 6.35. The van der Waals surface area contributed by atoms with Crippen LogP contribution in [0.5, 0.6) is 0 Å². The number of rotatable bonds is 1. The summed E-state index contributed by atoms with van der Waals surface area (Å²) in [7, 11) is 0. The smallest absolute Gasteiger partial charge is 0.330 e. The van der Waals surface area contributed by atoms with Gasteiger partial charge in [-0.2, -0.15) is 0 Å². The molecule has 0 saturated heterocycles. The summed E-state index contributed by atoms with van der Waals surface area (Å²) >= 11 is 0. The molecule has 0 radical (unpaired) electrons. The number of aliphatic carboxylic acids is 1. The minimum Gasteiger partial charge on any atom is -0.478 e. The molecule has 0 aliphatic carbocycles. The van der Waals surface area contributed by atoms with Gasteiger partial charge in [0.1, 0.15) is 0 Å². The maximum Gasteiger partial charge on any atom is 0.330 e. The summed E-state index contributed by atoms with van der Waals surface area (Å²) < 4.78 is 0. The predicted octanol–water partition coefficient (Wildman–Crippen LogP) is 2.40. The van der Waals surface area contributed by atoms with Crippen LogP contribution in [-0.4, -0.2) is 11.1 Å². The molecule has 0 amide bonds. The number of nitrogens with two attached hydrogens (primary N) is 1. The molecule has 3 nitrogen and oxygen atoms in total. The van der Waals surface area contributed by atoms with Gasteiger partial charge in [0.15, 0.2) is 0 Å². The van der Waals surface area contributed by atoms with Crippen molar-refractivity contribution in [2.45, 2.75) is 28.7 Å². The van der Waals surface area contributed by atoms with Gasteiger partial charge in [0, 0.05) is 5.57 Å². The molecule has 0 heterocycles. The summed E-state index contributed by atoms with van der Waals surface area (Å²) in [6, 6.07) is 0. The van der Waals surface area contributed by atoms with Gasteiger partial charge in [-0.25, -0.2) is 4.79 Å². The van der Waals surface area contributed by atoms with Gasteiger partial charge in [0.05, 0.1) is 0 Å². The van der Waals surface area contributed by atoms with Crippen molar-refractivity contribution in [2.24, 2.45) is 5.73 Å². The largest absolute Gasteiger partial charge is 0.478 e. The second-order valence-electron chi connectivity index (χ2n) is 1.93. The summed E-state index contributed by atoms with van der Waals surface area (Å²) in [5.74, 6) is -0.935. The fourth-order valence-corrected chi connectivity index (χ4v) is 0. The number of carboxylic acids is 1. The molecule has 0 unspecified atom stereocenters. The lowest BCUT2D eigenvalue weighted by Crippen LogP contribution is -1.92. The van der Waals surface area contributed by atoms with Gasteiger partial charge in [-0.3, -0.25) is 0 Å². The van der Waals surface area contributed by atoms with E-state index in [1.165, 1.54) is 6.92 Å². The summed E-state index contributed by atoms with van der Waals surface area (Å²) in [6.07, 6.45) is 0. The van der Waals surface area contributed by atoms with E-state index in [2.05, 4.69) is 13.2 Å². The SMILES string of the molecule is C.C.C=C(C)C(=O)O.C=C(C)N. The van der Waals surface area contributed by atoms with Crippen LogP contribution in [-0.2, 0) is 4.79 Å². The lowest BCUT2D eigenvalue weighted by atomic mass is 10.4. The Balaban J connectivity index is -0.0000000483. The predicted molar refractivity (Wildman–Crippen MR) is 54.9 cm³/mol. The minimum atomic E-state index is -0.935. The molecule has 0 aromatic rings. The third kappa shape index (κ3) is 69.5. The highest BCUT2D eigenvalue weighted by Crippen LogP contribution is 1.81. The van der Waals surface area contributed by atoms with Crippen LogP contribution in [0, 0.1) is 0 Å². The molecule has 0 aliphatic rings. The first-order valence-corrected chi connectivity index (χ1v) is 2.67. The van der Waals surface area contributed by atoms with Gasteiger partial charge in [0.2, 0.25) is 0 Å². The van der Waals surface area contributed by atoms with Crippen LogP contribution < -0.4 is 5.73 Å². The molecule has 3 heteroatoms. The Morgan fingerprint density at radius 2 is 1.33 bits per heavy atom. The van der Waals surface area contributed by atoms with Crippen LogP contribution in [0.3, 0.4) is 0 Å². The Hall–Kier alpha value is -1.25. The molecular formula is C9H21NO2. The summed E-state index contributed by atoms with van der Waals surface area (Å²) in [5, 5.41) is 7.89. The van der Waals surface area contributed by atoms with Crippen LogP contribution in [0.1, 0.15) is 28.7 Å². The monoisotopic (exact) mass is 175 g/mol. The normalized spacial score (nSPS) is 5.83. The highest BCUT2D eigenvalue weighted by molar-refractivity contribution is 5.84. The van der Waals surface area contributed by atoms with Gasteiger partial charge in [-0.05, 0) is 19.5 Å². The van der Waals surface area contributed by atoms with Crippen molar-refractivity contribution >= 4 is 5.97 Å². The van der Waals surface area contributed by atoms with E-state index in [1.807, 2.05) is 0 Å². The molecule has 12 heavy (non-hydrogen) atoms. The molecule has 74 valence electrons. The Labute approximate surface area is 75.6 Å². The maximum absolute atomic E-state index is 9.60. The van der Waals surface area contributed by atoms with Crippen molar-refractivity contribution in [3.05, 3.63) is 24.4 Å². The fourth-order valence-electron chi connectivity index (χ4n) is 0. The van der Waals surface area contributed by atoms with Crippen LogP contribution in [0.25, 0.3) is 0 Å². The van der Waals surface area contributed by atoms with Crippen LogP contribution in [0.15, 0.2) is 24.4 Å². The third-order valence-corrected chi connectivity index (χ3v) is 0.365. The standard InChI is InChI=1S/C4H6O2.C3H7N.2CH4/c1-3(2)4(5)6;1-3(2)4;;/h1H2,2H3,(H,5,6);1,4H2,2H3;2*1H4. The van der Waals surface area contributed by atoms with Crippen molar-refractivity contribution in [3.8, 4) is 0 Å². The van der Waals surface area contributed by atoms with Crippen molar-refractivity contribution in [1.29, 1.82) is 0 Å². The van der Waals surface area contributed by atoms with Gasteiger partial charge in [0.25, 0.3) is 0 Å². The molecule has 0 atom stereocenters. The van der Waals surface area contributed by atoms with Crippen LogP contribution in [0.4, 0.5) is 0 Å². The first-order chi connectivity index (χ1) is 4.37. The molecule has 0 fully saturated rings. The number of hydrogen-bond acceptors (Lipinski definition) is 2. The quantitative estimate of drug-likeness (QED) is 0.601. The molecule has 0 saturated carbocycles. The van der Waals surface area contributed by atoms with Gasteiger partial charge in [-0.1, -0.05) is 28.0 Å². The molecule has 0 aromatic heterocycles. The Bertz CT molecular complexity index is 135. The lowest BCUT2D eigenvalue weighted by Gasteiger charge is -1.79. The van der Waals surface area contributed by atoms with E-state index in [-0.39, 0.29) is 20.4 Å². The second-order valence-corrected chi connectivity index (χ2v) is 1.93. The first-order valence-electron chi connectivity index (χ1n) is 2.67. The molecule has 0 spiro atoms. The molecule has 3 N–H and O–H groups in total. The van der Waals surface area contributed by atoms with E-state index in [9.17, 15) is 4.79 Å². The molecule has 0 rings (SSSR count). The Morgan fingerprint density at radius 1 is 1.25 bits per heavy atom. The summed E-state index contributed by atoms with van der Waals surface area (Å²) in [6.45, 7) is 9.69. The van der Waals surface area contributed by atoms with Crippen molar-refractivity contribution in [2.75, 3.05) is 0 Å². The maximum atomic E-state index is 9.60. The van der Waals surface area contributed by atoms with E-state index in [0.29, 0.717) is 5.70 Å². The average Bonchev–Trinajstić information content (AvgIpc) is 1.63. The average molecular weight is 175 g/mol. The summed E-state index contributed by atoms with van der Waals surface area (Å²) in [5.41, 5.74) is 5.76. The lowest BCUT2D eigenvalue weighted by molar-refractivity contribution is -0.132. The van der Waals surface area contributed by atoms with Crippen molar-refractivity contribution < 1.29 is 9.90 Å². The molecular weight excluding hydrogens is 154 g/mol. The number of hydrogen-bond donors (Lipinski definition) is 2. The number of allylic oxidation sites excluding steroid dienone is 1. The zero-order valence-corrected chi connectivity index (χ0v) is 6.35. The Morgan fingerprint density at radius 3 is 1.33 bits per heavy atom. The third-order valence-electron chi connectivity index (χ3n) is 0.365. The molecule has 0 aromatic carbocycles. The van der Waals surface area contributed by atoms with Crippen LogP contribution >= 0.6 is 0 Å². The number of carboxylic acid groups (broad SMARTS) is 1. The topological polar surface area (TPSA) is 63.3 Å². The minimum absolute atomic E-state index is 0. The first kappa shape index (κ1) is 22.4. The van der Waals surface area contributed by atoms with Gasteiger partial charge in [-0.15, -0.1) is 0 Å². The highest BCUT2D eigenvalue weighted by atomic mass is 16.4. The van der Waals surface area contributed by atoms with E-state index in [1.54, 1.807) is 6.92 Å². The molecule has 0 aliphatic heterocycles. The number of carbonyl (C=O) groups is 1. The van der Waals surface area contributed by atoms with E-state index >= 15 is 0 Å². The van der Waals surface area contributed by atoms with E-state index < -0.39 is 5.97 Å². The van der Waals surface area contributed by atoms with E-state index in [0.717, 1.165) is 0 Å². The molecule has 0 bridgehead atoms. The second kappa shape index (κ2) is 12.4. The van der Waals surface area contributed by atoms with Gasteiger partial charge >= 0.3 is 5.97 Å². The van der Waals surface area contributed by atoms with E-state index in [4.69, 9.17) is 10.8 Å². The van der Waals surface area contributed by atoms with Crippen LogP contribution in [0.2, 0.25) is 0 Å². The van der Waals surface area contributed by atoms with Gasteiger partial charge < -0.3 is 10.8 Å². The highest BCUT2D eigenvalue weighted by Gasteiger charge is 1.90. The fraction of sp³-hybridized carbons (Fsp3) is 0.444. The Kier molecular flexibility index (Phi) is 23.2. The van der Waals surface area contributed by atoms with Crippen molar-refractivity contribution in [1.82, 2.24) is 0 Å².